The number of hydrogen-bond acceptors (Lipinski definition) is 1. The molecular formula is C17H19BrClN. The van der Waals surface area contributed by atoms with Crippen LogP contribution in [0.25, 0.3) is 0 Å². The van der Waals surface area contributed by atoms with Gasteiger partial charge in [0.2, 0.25) is 0 Å². The van der Waals surface area contributed by atoms with Crippen molar-refractivity contribution in [2.24, 2.45) is 0 Å². The van der Waals surface area contributed by atoms with Gasteiger partial charge in [-0.25, -0.2) is 0 Å². The van der Waals surface area contributed by atoms with Crippen LogP contribution in [0.5, 0.6) is 0 Å². The van der Waals surface area contributed by atoms with Gasteiger partial charge in [0.1, 0.15) is 0 Å². The zero-order chi connectivity index (χ0) is 13.2. The molecule has 0 aromatic heterocycles. The Morgan fingerprint density at radius 2 is 1.60 bits per heavy atom. The molecule has 1 aliphatic rings. The van der Waals surface area contributed by atoms with Crippen molar-refractivity contribution in [1.29, 1.82) is 0 Å². The van der Waals surface area contributed by atoms with Crippen LogP contribution in [0.2, 0.25) is 0 Å². The molecule has 3 rings (SSSR count). The van der Waals surface area contributed by atoms with Gasteiger partial charge in [-0.15, -0.1) is 12.4 Å². The highest BCUT2D eigenvalue weighted by atomic mass is 79.9. The van der Waals surface area contributed by atoms with Crippen LogP contribution in [0.15, 0.2) is 53.0 Å². The third kappa shape index (κ3) is 2.93. The number of hydrogen-bond donors (Lipinski definition) is 1. The normalized spacial score (nSPS) is 20.9. The van der Waals surface area contributed by atoms with E-state index in [-0.39, 0.29) is 12.4 Å². The van der Waals surface area contributed by atoms with E-state index in [2.05, 4.69) is 76.8 Å². The summed E-state index contributed by atoms with van der Waals surface area (Å²) in [4.78, 5) is 0. The van der Waals surface area contributed by atoms with Crippen molar-refractivity contribution in [2.45, 2.75) is 24.8 Å². The number of nitrogens with one attached hydrogen (secondary N) is 1. The molecule has 2 atom stereocenters. The van der Waals surface area contributed by atoms with Crippen LogP contribution in [0.3, 0.4) is 0 Å². The number of benzene rings is 2. The van der Waals surface area contributed by atoms with E-state index in [0.29, 0.717) is 12.0 Å². The maximum absolute atomic E-state index is 3.51. The number of rotatable bonds is 2. The van der Waals surface area contributed by atoms with Crippen molar-refractivity contribution in [1.82, 2.24) is 5.32 Å². The van der Waals surface area contributed by atoms with Gasteiger partial charge in [-0.2, -0.15) is 0 Å². The zero-order valence-corrected chi connectivity index (χ0v) is 13.9. The largest absolute Gasteiger partial charge is 0.313 e. The van der Waals surface area contributed by atoms with Crippen LogP contribution < -0.4 is 5.32 Å². The summed E-state index contributed by atoms with van der Waals surface area (Å²) in [6.45, 7) is 0. The van der Waals surface area contributed by atoms with Gasteiger partial charge >= 0.3 is 0 Å². The Hall–Kier alpha value is -0.830. The van der Waals surface area contributed by atoms with Crippen LogP contribution in [-0.4, -0.2) is 7.05 Å². The van der Waals surface area contributed by atoms with Crippen molar-refractivity contribution in [3.63, 3.8) is 0 Å². The second-order valence-electron chi connectivity index (χ2n) is 5.15. The predicted molar refractivity (Wildman–Crippen MR) is 90.7 cm³/mol. The van der Waals surface area contributed by atoms with E-state index >= 15 is 0 Å². The van der Waals surface area contributed by atoms with Crippen LogP contribution in [0.4, 0.5) is 0 Å². The number of halogens is 2. The van der Waals surface area contributed by atoms with Crippen molar-refractivity contribution < 1.29 is 0 Å². The molecule has 1 nitrogen and oxygen atoms in total. The Kier molecular flexibility index (Phi) is 5.25. The summed E-state index contributed by atoms with van der Waals surface area (Å²) < 4.78 is 1.15. The van der Waals surface area contributed by atoms with Crippen LogP contribution >= 0.6 is 28.3 Å². The molecule has 3 heteroatoms. The molecular weight excluding hydrogens is 334 g/mol. The maximum atomic E-state index is 3.51. The average molecular weight is 353 g/mol. The lowest BCUT2D eigenvalue weighted by Crippen LogP contribution is -2.24. The van der Waals surface area contributed by atoms with Crippen LogP contribution in [0.1, 0.15) is 41.5 Å². The molecule has 2 aromatic rings. The lowest BCUT2D eigenvalue weighted by atomic mass is 9.77. The minimum atomic E-state index is 0. The summed E-state index contributed by atoms with van der Waals surface area (Å²) in [7, 11) is 2.06. The van der Waals surface area contributed by atoms with Gasteiger partial charge in [-0.3, -0.25) is 0 Å². The van der Waals surface area contributed by atoms with E-state index in [1.807, 2.05) is 0 Å². The first-order chi connectivity index (χ1) is 9.29. The zero-order valence-electron chi connectivity index (χ0n) is 11.5. The van der Waals surface area contributed by atoms with Crippen LogP contribution in [0, 0.1) is 0 Å². The maximum Gasteiger partial charge on any atom is 0.0320 e. The first kappa shape index (κ1) is 15.6. The van der Waals surface area contributed by atoms with E-state index in [4.69, 9.17) is 0 Å². The smallest absolute Gasteiger partial charge is 0.0320 e. The fraction of sp³-hybridized carbons (Fsp3) is 0.294. The summed E-state index contributed by atoms with van der Waals surface area (Å²) in [6, 6.07) is 18.1. The molecule has 0 bridgehead atoms. The van der Waals surface area contributed by atoms with Gasteiger partial charge in [-0.1, -0.05) is 52.3 Å². The van der Waals surface area contributed by atoms with Gasteiger partial charge < -0.3 is 5.32 Å². The standard InChI is InChI=1S/C17H18BrN.ClH/c1-19-17-11-10-14(12-6-8-13(18)9-7-12)15-4-2-3-5-16(15)17;/h2-9,14,17,19H,10-11H2,1H3;1H/t14-,17+;/m1./s1. The van der Waals surface area contributed by atoms with Crippen molar-refractivity contribution in [2.75, 3.05) is 7.05 Å². The Morgan fingerprint density at radius 3 is 2.25 bits per heavy atom. The monoisotopic (exact) mass is 351 g/mol. The quantitative estimate of drug-likeness (QED) is 0.797. The Bertz CT molecular complexity index is 567. The Morgan fingerprint density at radius 1 is 0.950 bits per heavy atom. The van der Waals surface area contributed by atoms with E-state index in [9.17, 15) is 0 Å². The SMILES string of the molecule is CN[C@H]1CC[C@H](c2ccc(Br)cc2)c2ccccc21.Cl. The van der Waals surface area contributed by atoms with Gasteiger partial charge in [0.05, 0.1) is 0 Å². The molecule has 20 heavy (non-hydrogen) atoms. The van der Waals surface area contributed by atoms with E-state index in [0.717, 1.165) is 4.47 Å². The molecule has 1 aliphatic carbocycles. The Balaban J connectivity index is 0.00000147. The highest BCUT2D eigenvalue weighted by Gasteiger charge is 2.26. The minimum absolute atomic E-state index is 0. The topological polar surface area (TPSA) is 12.0 Å². The molecule has 0 saturated heterocycles. The third-order valence-electron chi connectivity index (χ3n) is 4.11. The highest BCUT2D eigenvalue weighted by molar-refractivity contribution is 9.10. The summed E-state index contributed by atoms with van der Waals surface area (Å²) in [5, 5.41) is 3.43. The molecule has 0 spiro atoms. The van der Waals surface area contributed by atoms with Crippen LogP contribution in [-0.2, 0) is 0 Å². The molecule has 0 amide bonds. The molecule has 0 heterocycles. The first-order valence-electron chi connectivity index (χ1n) is 6.81. The summed E-state index contributed by atoms with van der Waals surface area (Å²) >= 11 is 3.51. The molecule has 1 N–H and O–H groups in total. The molecule has 2 aromatic carbocycles. The second-order valence-corrected chi connectivity index (χ2v) is 6.07. The molecule has 0 unspecified atom stereocenters. The minimum Gasteiger partial charge on any atom is -0.313 e. The first-order valence-corrected chi connectivity index (χ1v) is 7.60. The summed E-state index contributed by atoms with van der Waals surface area (Å²) in [5.41, 5.74) is 4.37. The van der Waals surface area contributed by atoms with Crippen molar-refractivity contribution in [3.8, 4) is 0 Å². The third-order valence-corrected chi connectivity index (χ3v) is 4.64. The molecule has 0 aliphatic heterocycles. The van der Waals surface area contributed by atoms with E-state index < -0.39 is 0 Å². The molecule has 106 valence electrons. The molecule has 0 fully saturated rings. The lowest BCUT2D eigenvalue weighted by Gasteiger charge is -2.31. The second kappa shape index (κ2) is 6.75. The fourth-order valence-corrected chi connectivity index (χ4v) is 3.40. The molecule has 0 saturated carbocycles. The van der Waals surface area contributed by atoms with E-state index in [1.165, 1.54) is 29.5 Å². The van der Waals surface area contributed by atoms with E-state index in [1.54, 1.807) is 0 Å². The van der Waals surface area contributed by atoms with Gasteiger partial charge in [0.15, 0.2) is 0 Å². The van der Waals surface area contributed by atoms with Crippen molar-refractivity contribution in [3.05, 3.63) is 69.7 Å². The average Bonchev–Trinajstić information content (AvgIpc) is 2.47. The van der Waals surface area contributed by atoms with Gasteiger partial charge in [0, 0.05) is 16.4 Å². The number of fused-ring (bicyclic) bond motifs is 1. The van der Waals surface area contributed by atoms with Gasteiger partial charge in [0.25, 0.3) is 0 Å². The predicted octanol–water partition coefficient (Wildman–Crippen LogP) is 5.06. The van der Waals surface area contributed by atoms with Crippen molar-refractivity contribution >= 4 is 28.3 Å². The van der Waals surface area contributed by atoms with Gasteiger partial charge in [-0.05, 0) is 48.7 Å². The summed E-state index contributed by atoms with van der Waals surface area (Å²) in [5.74, 6) is 0.536. The summed E-state index contributed by atoms with van der Waals surface area (Å²) in [6.07, 6.45) is 2.42. The highest BCUT2D eigenvalue weighted by Crippen LogP contribution is 2.41. The Labute approximate surface area is 135 Å². The fourth-order valence-electron chi connectivity index (χ4n) is 3.13. The molecule has 0 radical (unpaired) electrons. The lowest BCUT2D eigenvalue weighted by molar-refractivity contribution is 0.471.